The number of pyridine rings is 1. The SMILES string of the molecule is COc1ccc2ccnc(NCCC3CCCN3)c2c1. The van der Waals surface area contributed by atoms with Crippen LogP contribution in [-0.2, 0) is 0 Å². The molecule has 1 saturated heterocycles. The van der Waals surface area contributed by atoms with Crippen molar-refractivity contribution in [1.82, 2.24) is 10.3 Å². The van der Waals surface area contributed by atoms with Gasteiger partial charge in [-0.15, -0.1) is 0 Å². The molecule has 20 heavy (non-hydrogen) atoms. The molecule has 2 aromatic rings. The average molecular weight is 271 g/mol. The molecule has 0 bridgehead atoms. The third-order valence-corrected chi connectivity index (χ3v) is 3.92. The second-order valence-corrected chi connectivity index (χ2v) is 5.26. The minimum absolute atomic E-state index is 0.659. The van der Waals surface area contributed by atoms with Gasteiger partial charge in [0, 0.05) is 24.2 Å². The Labute approximate surface area is 119 Å². The van der Waals surface area contributed by atoms with Gasteiger partial charge in [-0.1, -0.05) is 6.07 Å². The molecule has 3 rings (SSSR count). The highest BCUT2D eigenvalue weighted by atomic mass is 16.5. The van der Waals surface area contributed by atoms with Gasteiger partial charge in [-0.3, -0.25) is 0 Å². The van der Waals surface area contributed by atoms with Crippen molar-refractivity contribution in [3.63, 3.8) is 0 Å². The summed E-state index contributed by atoms with van der Waals surface area (Å²) >= 11 is 0. The summed E-state index contributed by atoms with van der Waals surface area (Å²) < 4.78 is 5.30. The van der Waals surface area contributed by atoms with Crippen molar-refractivity contribution in [2.45, 2.75) is 25.3 Å². The first kappa shape index (κ1) is 13.2. The Hall–Kier alpha value is -1.81. The number of hydrogen-bond acceptors (Lipinski definition) is 4. The summed E-state index contributed by atoms with van der Waals surface area (Å²) in [6.07, 6.45) is 5.58. The fraction of sp³-hybridized carbons (Fsp3) is 0.438. The lowest BCUT2D eigenvalue weighted by Gasteiger charge is -2.13. The number of aromatic nitrogens is 1. The molecule has 0 saturated carbocycles. The lowest BCUT2D eigenvalue weighted by atomic mass is 10.1. The molecule has 1 aromatic carbocycles. The van der Waals surface area contributed by atoms with Crippen molar-refractivity contribution in [3.05, 3.63) is 30.5 Å². The molecule has 2 heterocycles. The summed E-state index contributed by atoms with van der Waals surface area (Å²) in [7, 11) is 1.69. The van der Waals surface area contributed by atoms with E-state index in [2.05, 4.69) is 21.7 Å². The zero-order valence-corrected chi connectivity index (χ0v) is 11.9. The van der Waals surface area contributed by atoms with Crippen LogP contribution in [0.15, 0.2) is 30.5 Å². The number of nitrogens with zero attached hydrogens (tertiary/aromatic N) is 1. The van der Waals surface area contributed by atoms with E-state index >= 15 is 0 Å². The molecule has 0 spiro atoms. The standard InChI is InChI=1S/C16H21N3O/c1-20-14-5-4-12-6-9-18-16(15(12)11-14)19-10-7-13-3-2-8-17-13/h4-6,9,11,13,17H,2-3,7-8,10H2,1H3,(H,18,19). The molecule has 4 nitrogen and oxygen atoms in total. The van der Waals surface area contributed by atoms with Gasteiger partial charge in [-0.05, 0) is 49.4 Å². The summed E-state index contributed by atoms with van der Waals surface area (Å²) in [5, 5.41) is 9.28. The Kier molecular flexibility index (Phi) is 4.02. The number of hydrogen-bond donors (Lipinski definition) is 2. The number of anilines is 1. The Bertz CT molecular complexity index is 579. The second kappa shape index (κ2) is 6.09. The van der Waals surface area contributed by atoms with Gasteiger partial charge in [0.1, 0.15) is 11.6 Å². The number of ether oxygens (including phenoxy) is 1. The monoisotopic (exact) mass is 271 g/mol. The molecule has 0 aliphatic carbocycles. The Morgan fingerprint density at radius 1 is 1.40 bits per heavy atom. The summed E-state index contributed by atoms with van der Waals surface area (Å²) in [4.78, 5) is 4.46. The highest BCUT2D eigenvalue weighted by Crippen LogP contribution is 2.25. The molecule has 1 atom stereocenters. The van der Waals surface area contributed by atoms with Crippen molar-refractivity contribution in [2.75, 3.05) is 25.5 Å². The van der Waals surface area contributed by atoms with Crippen LogP contribution in [0.5, 0.6) is 5.75 Å². The fourth-order valence-corrected chi connectivity index (χ4v) is 2.78. The van der Waals surface area contributed by atoms with E-state index in [4.69, 9.17) is 4.74 Å². The van der Waals surface area contributed by atoms with E-state index < -0.39 is 0 Å². The maximum atomic E-state index is 5.30. The molecule has 1 aliphatic rings. The first-order valence-electron chi connectivity index (χ1n) is 7.27. The predicted octanol–water partition coefficient (Wildman–Crippen LogP) is 2.80. The number of fused-ring (bicyclic) bond motifs is 1. The van der Waals surface area contributed by atoms with Gasteiger partial charge in [0.05, 0.1) is 7.11 Å². The van der Waals surface area contributed by atoms with E-state index in [1.165, 1.54) is 18.2 Å². The van der Waals surface area contributed by atoms with Crippen LogP contribution in [0.3, 0.4) is 0 Å². The smallest absolute Gasteiger partial charge is 0.133 e. The van der Waals surface area contributed by atoms with Crippen LogP contribution in [-0.4, -0.2) is 31.2 Å². The van der Waals surface area contributed by atoms with E-state index in [-0.39, 0.29) is 0 Å². The molecule has 1 aromatic heterocycles. The number of nitrogens with one attached hydrogen (secondary N) is 2. The van der Waals surface area contributed by atoms with E-state index in [9.17, 15) is 0 Å². The number of rotatable bonds is 5. The van der Waals surface area contributed by atoms with E-state index in [1.54, 1.807) is 7.11 Å². The van der Waals surface area contributed by atoms with Crippen molar-refractivity contribution >= 4 is 16.6 Å². The molecule has 0 radical (unpaired) electrons. The van der Waals surface area contributed by atoms with Crippen molar-refractivity contribution < 1.29 is 4.74 Å². The van der Waals surface area contributed by atoms with Crippen LogP contribution in [0.1, 0.15) is 19.3 Å². The van der Waals surface area contributed by atoms with Crippen LogP contribution in [0.4, 0.5) is 5.82 Å². The number of benzene rings is 1. The van der Waals surface area contributed by atoms with Crippen molar-refractivity contribution in [1.29, 1.82) is 0 Å². The largest absolute Gasteiger partial charge is 0.497 e. The minimum Gasteiger partial charge on any atom is -0.497 e. The van der Waals surface area contributed by atoms with Gasteiger partial charge in [-0.2, -0.15) is 0 Å². The highest BCUT2D eigenvalue weighted by Gasteiger charge is 2.13. The van der Waals surface area contributed by atoms with E-state index in [0.29, 0.717) is 6.04 Å². The van der Waals surface area contributed by atoms with E-state index in [1.807, 2.05) is 24.4 Å². The molecular weight excluding hydrogens is 250 g/mol. The Morgan fingerprint density at radius 2 is 2.35 bits per heavy atom. The molecule has 4 heteroatoms. The quantitative estimate of drug-likeness (QED) is 0.878. The third kappa shape index (κ3) is 2.85. The molecule has 0 amide bonds. The van der Waals surface area contributed by atoms with Crippen LogP contribution in [0, 0.1) is 0 Å². The maximum Gasteiger partial charge on any atom is 0.133 e. The van der Waals surface area contributed by atoms with Crippen LogP contribution in [0.2, 0.25) is 0 Å². The molecule has 1 unspecified atom stereocenters. The predicted molar refractivity (Wildman–Crippen MR) is 82.4 cm³/mol. The summed E-state index contributed by atoms with van der Waals surface area (Å²) in [6.45, 7) is 2.11. The van der Waals surface area contributed by atoms with Gasteiger partial charge in [0.25, 0.3) is 0 Å². The zero-order chi connectivity index (χ0) is 13.8. The maximum absolute atomic E-state index is 5.30. The van der Waals surface area contributed by atoms with Crippen LogP contribution >= 0.6 is 0 Å². The number of methoxy groups -OCH3 is 1. The minimum atomic E-state index is 0.659. The van der Waals surface area contributed by atoms with Gasteiger partial charge in [0.15, 0.2) is 0 Å². The molecular formula is C16H21N3O. The van der Waals surface area contributed by atoms with E-state index in [0.717, 1.165) is 36.5 Å². The van der Waals surface area contributed by atoms with Crippen LogP contribution < -0.4 is 15.4 Å². The highest BCUT2D eigenvalue weighted by molar-refractivity contribution is 5.92. The van der Waals surface area contributed by atoms with Gasteiger partial charge < -0.3 is 15.4 Å². The van der Waals surface area contributed by atoms with Gasteiger partial charge in [-0.25, -0.2) is 4.98 Å². The summed E-state index contributed by atoms with van der Waals surface area (Å²) in [6, 6.07) is 8.78. The molecule has 1 fully saturated rings. The Balaban J connectivity index is 1.72. The van der Waals surface area contributed by atoms with Gasteiger partial charge in [0.2, 0.25) is 0 Å². The molecule has 2 N–H and O–H groups in total. The third-order valence-electron chi connectivity index (χ3n) is 3.92. The average Bonchev–Trinajstić information content (AvgIpc) is 3.00. The lowest BCUT2D eigenvalue weighted by molar-refractivity contribution is 0.415. The van der Waals surface area contributed by atoms with Crippen molar-refractivity contribution in [3.8, 4) is 5.75 Å². The fourth-order valence-electron chi connectivity index (χ4n) is 2.78. The summed E-state index contributed by atoms with van der Waals surface area (Å²) in [5.41, 5.74) is 0. The molecule has 106 valence electrons. The normalized spacial score (nSPS) is 18.4. The topological polar surface area (TPSA) is 46.2 Å². The Morgan fingerprint density at radius 3 is 3.15 bits per heavy atom. The first-order chi connectivity index (χ1) is 9.86. The second-order valence-electron chi connectivity index (χ2n) is 5.26. The zero-order valence-electron chi connectivity index (χ0n) is 11.9. The molecule has 1 aliphatic heterocycles. The van der Waals surface area contributed by atoms with Crippen molar-refractivity contribution in [2.24, 2.45) is 0 Å². The summed E-state index contributed by atoms with van der Waals surface area (Å²) in [5.74, 6) is 1.81. The lowest BCUT2D eigenvalue weighted by Crippen LogP contribution is -2.24. The van der Waals surface area contributed by atoms with Gasteiger partial charge >= 0.3 is 0 Å². The first-order valence-corrected chi connectivity index (χ1v) is 7.27. The van der Waals surface area contributed by atoms with Crippen LogP contribution in [0.25, 0.3) is 10.8 Å².